The van der Waals surface area contributed by atoms with E-state index in [1.807, 2.05) is 50.2 Å². The number of amides is 1. The van der Waals surface area contributed by atoms with Gasteiger partial charge in [0.25, 0.3) is 0 Å². The van der Waals surface area contributed by atoms with Crippen molar-refractivity contribution < 1.29 is 9.53 Å². The monoisotopic (exact) mass is 438 g/mol. The number of nitrogens with zero attached hydrogens (tertiary/aromatic N) is 3. The van der Waals surface area contributed by atoms with Gasteiger partial charge in [0, 0.05) is 12.1 Å². The number of hydrogen-bond acceptors (Lipinski definition) is 5. The van der Waals surface area contributed by atoms with Gasteiger partial charge in [-0.2, -0.15) is 0 Å². The van der Waals surface area contributed by atoms with E-state index in [9.17, 15) is 4.79 Å². The quantitative estimate of drug-likeness (QED) is 0.472. The molecule has 0 aliphatic rings. The second kappa shape index (κ2) is 10.5. The molecule has 6 nitrogen and oxygen atoms in total. The van der Waals surface area contributed by atoms with Crippen LogP contribution in [-0.4, -0.2) is 39.6 Å². The van der Waals surface area contributed by atoms with E-state index in [1.165, 1.54) is 17.3 Å². The Hall–Kier alpha value is -2.80. The van der Waals surface area contributed by atoms with Crippen LogP contribution in [0.15, 0.2) is 53.7 Å². The first-order chi connectivity index (χ1) is 15.0. The standard InChI is InChI=1S/C24H30N4O2S/c1-6-15-25-23(29)17(4)31-24-27-26-22(18-11-13-19(30-5)14-12-18)28(24)21-10-8-7-9-20(21)16(2)3/h7-14,16-17H,6,15H2,1-5H3,(H,25,29). The topological polar surface area (TPSA) is 69.0 Å². The molecule has 0 spiro atoms. The first-order valence-corrected chi connectivity index (χ1v) is 11.5. The molecule has 0 bridgehead atoms. The normalized spacial score (nSPS) is 12.1. The highest BCUT2D eigenvalue weighted by Crippen LogP contribution is 2.34. The predicted molar refractivity (Wildman–Crippen MR) is 126 cm³/mol. The maximum absolute atomic E-state index is 12.5. The molecule has 0 fully saturated rings. The number of thioether (sulfide) groups is 1. The lowest BCUT2D eigenvalue weighted by Crippen LogP contribution is -2.31. The molecule has 0 aliphatic heterocycles. The minimum atomic E-state index is -0.288. The van der Waals surface area contributed by atoms with Crippen LogP contribution >= 0.6 is 11.8 Å². The highest BCUT2D eigenvalue weighted by molar-refractivity contribution is 8.00. The summed E-state index contributed by atoms with van der Waals surface area (Å²) < 4.78 is 7.36. The summed E-state index contributed by atoms with van der Waals surface area (Å²) in [5, 5.41) is 12.4. The summed E-state index contributed by atoms with van der Waals surface area (Å²) >= 11 is 1.42. The third kappa shape index (κ3) is 5.28. The van der Waals surface area contributed by atoms with Crippen LogP contribution in [0.5, 0.6) is 5.75 Å². The third-order valence-corrected chi connectivity index (χ3v) is 6.02. The van der Waals surface area contributed by atoms with Crippen LogP contribution in [0.3, 0.4) is 0 Å². The Kier molecular flexibility index (Phi) is 7.74. The average Bonchev–Trinajstić information content (AvgIpc) is 3.20. The zero-order valence-corrected chi connectivity index (χ0v) is 19.6. The van der Waals surface area contributed by atoms with Gasteiger partial charge in [-0.05, 0) is 55.2 Å². The van der Waals surface area contributed by atoms with E-state index < -0.39 is 0 Å². The summed E-state index contributed by atoms with van der Waals surface area (Å²) in [5.41, 5.74) is 3.15. The van der Waals surface area contributed by atoms with Crippen molar-refractivity contribution in [1.82, 2.24) is 20.1 Å². The second-order valence-corrected chi connectivity index (χ2v) is 8.94. The molecule has 0 aliphatic carbocycles. The molecule has 1 atom stereocenters. The summed E-state index contributed by atoms with van der Waals surface area (Å²) in [5.74, 6) is 1.85. The lowest BCUT2D eigenvalue weighted by Gasteiger charge is -2.18. The number of hydrogen-bond donors (Lipinski definition) is 1. The number of benzene rings is 2. The molecular formula is C24H30N4O2S. The first kappa shape index (κ1) is 22.9. The second-order valence-electron chi connectivity index (χ2n) is 7.63. The molecule has 3 rings (SSSR count). The summed E-state index contributed by atoms with van der Waals surface area (Å²) in [6.07, 6.45) is 0.905. The lowest BCUT2D eigenvalue weighted by molar-refractivity contribution is -0.120. The van der Waals surface area contributed by atoms with Crippen LogP contribution in [0.25, 0.3) is 17.1 Å². The molecular weight excluding hydrogens is 408 g/mol. The van der Waals surface area contributed by atoms with Gasteiger partial charge in [-0.25, -0.2) is 0 Å². The fourth-order valence-electron chi connectivity index (χ4n) is 3.27. The van der Waals surface area contributed by atoms with Crippen LogP contribution < -0.4 is 10.1 Å². The molecule has 0 saturated heterocycles. The number of para-hydroxylation sites is 1. The fraction of sp³-hybridized carbons (Fsp3) is 0.375. The van der Waals surface area contributed by atoms with Crippen molar-refractivity contribution in [3.63, 3.8) is 0 Å². The Bertz CT molecular complexity index is 1010. The Morgan fingerprint density at radius 1 is 1.10 bits per heavy atom. The van der Waals surface area contributed by atoms with Crippen molar-refractivity contribution in [3.05, 3.63) is 54.1 Å². The van der Waals surface area contributed by atoms with Crippen molar-refractivity contribution in [2.75, 3.05) is 13.7 Å². The smallest absolute Gasteiger partial charge is 0.233 e. The SMILES string of the molecule is CCCNC(=O)C(C)Sc1nnc(-c2ccc(OC)cc2)n1-c1ccccc1C(C)C. The number of nitrogens with one attached hydrogen (secondary N) is 1. The number of ether oxygens (including phenoxy) is 1. The molecule has 1 amide bonds. The zero-order valence-electron chi connectivity index (χ0n) is 18.8. The summed E-state index contributed by atoms with van der Waals surface area (Å²) in [6.45, 7) is 8.95. The van der Waals surface area contributed by atoms with Crippen LogP contribution in [0.2, 0.25) is 0 Å². The molecule has 1 unspecified atom stereocenters. The molecule has 164 valence electrons. The molecule has 1 N–H and O–H groups in total. The number of carbonyl (C=O) groups is 1. The van der Waals surface area contributed by atoms with E-state index in [-0.39, 0.29) is 11.2 Å². The largest absolute Gasteiger partial charge is 0.497 e. The highest BCUT2D eigenvalue weighted by Gasteiger charge is 2.23. The van der Waals surface area contributed by atoms with E-state index in [0.717, 1.165) is 29.2 Å². The van der Waals surface area contributed by atoms with Gasteiger partial charge in [-0.1, -0.05) is 50.7 Å². The Morgan fingerprint density at radius 3 is 2.45 bits per heavy atom. The number of carbonyl (C=O) groups excluding carboxylic acids is 1. The van der Waals surface area contributed by atoms with Crippen molar-refractivity contribution in [3.8, 4) is 22.8 Å². The van der Waals surface area contributed by atoms with Gasteiger partial charge < -0.3 is 10.1 Å². The Morgan fingerprint density at radius 2 is 1.81 bits per heavy atom. The number of methoxy groups -OCH3 is 1. The van der Waals surface area contributed by atoms with E-state index in [0.29, 0.717) is 17.6 Å². The van der Waals surface area contributed by atoms with Crippen molar-refractivity contribution in [2.24, 2.45) is 0 Å². The van der Waals surface area contributed by atoms with Gasteiger partial charge in [-0.15, -0.1) is 10.2 Å². The molecule has 31 heavy (non-hydrogen) atoms. The Balaban J connectivity index is 2.08. The third-order valence-electron chi connectivity index (χ3n) is 4.98. The highest BCUT2D eigenvalue weighted by atomic mass is 32.2. The fourth-order valence-corrected chi connectivity index (χ4v) is 4.16. The van der Waals surface area contributed by atoms with Gasteiger partial charge in [0.15, 0.2) is 11.0 Å². The van der Waals surface area contributed by atoms with Gasteiger partial charge in [-0.3, -0.25) is 9.36 Å². The van der Waals surface area contributed by atoms with Crippen LogP contribution in [-0.2, 0) is 4.79 Å². The van der Waals surface area contributed by atoms with Crippen molar-refractivity contribution >= 4 is 17.7 Å². The van der Waals surface area contributed by atoms with Crippen LogP contribution in [0.1, 0.15) is 45.6 Å². The first-order valence-electron chi connectivity index (χ1n) is 10.6. The summed E-state index contributed by atoms with van der Waals surface area (Å²) in [6, 6.07) is 16.1. The summed E-state index contributed by atoms with van der Waals surface area (Å²) in [4.78, 5) is 12.5. The minimum Gasteiger partial charge on any atom is -0.497 e. The zero-order chi connectivity index (χ0) is 22.4. The number of aromatic nitrogens is 3. The lowest BCUT2D eigenvalue weighted by atomic mass is 10.0. The minimum absolute atomic E-state index is 0.00421. The molecule has 1 aromatic heterocycles. The summed E-state index contributed by atoms with van der Waals surface area (Å²) in [7, 11) is 1.65. The van der Waals surface area contributed by atoms with Gasteiger partial charge >= 0.3 is 0 Å². The molecule has 2 aromatic carbocycles. The molecule has 3 aromatic rings. The maximum atomic E-state index is 12.5. The van der Waals surface area contributed by atoms with Crippen LogP contribution in [0, 0.1) is 0 Å². The van der Waals surface area contributed by atoms with Crippen molar-refractivity contribution in [1.29, 1.82) is 0 Å². The van der Waals surface area contributed by atoms with Crippen LogP contribution in [0.4, 0.5) is 0 Å². The molecule has 0 radical (unpaired) electrons. The number of rotatable bonds is 9. The van der Waals surface area contributed by atoms with Crippen molar-refractivity contribution in [2.45, 2.75) is 50.4 Å². The van der Waals surface area contributed by atoms with E-state index in [4.69, 9.17) is 4.74 Å². The molecule has 7 heteroatoms. The average molecular weight is 439 g/mol. The van der Waals surface area contributed by atoms with E-state index >= 15 is 0 Å². The van der Waals surface area contributed by atoms with E-state index in [1.54, 1.807) is 7.11 Å². The van der Waals surface area contributed by atoms with Gasteiger partial charge in [0.05, 0.1) is 18.0 Å². The Labute approximate surface area is 188 Å². The molecule has 1 heterocycles. The van der Waals surface area contributed by atoms with Gasteiger partial charge in [0.1, 0.15) is 5.75 Å². The van der Waals surface area contributed by atoms with Gasteiger partial charge in [0.2, 0.25) is 5.91 Å². The van der Waals surface area contributed by atoms with E-state index in [2.05, 4.69) is 46.1 Å². The maximum Gasteiger partial charge on any atom is 0.233 e. The predicted octanol–water partition coefficient (Wildman–Crippen LogP) is 5.07. The molecule has 0 saturated carbocycles.